The molecular formula is C10H14F3N3O3. The van der Waals surface area contributed by atoms with Crippen LogP contribution in [0.2, 0.25) is 0 Å². The topological polar surface area (TPSA) is 78.5 Å². The molecule has 0 aromatic heterocycles. The molecule has 9 heteroatoms. The minimum Gasteiger partial charge on any atom is -0.347 e. The number of carbonyl (C=O) groups excluding carboxylic acids is 3. The van der Waals surface area contributed by atoms with E-state index in [-0.39, 0.29) is 6.54 Å². The van der Waals surface area contributed by atoms with Crippen molar-refractivity contribution in [3.63, 3.8) is 0 Å². The van der Waals surface area contributed by atoms with Crippen molar-refractivity contribution in [3.8, 4) is 0 Å². The van der Waals surface area contributed by atoms with Crippen LogP contribution in [-0.4, -0.2) is 48.6 Å². The van der Waals surface area contributed by atoms with Gasteiger partial charge in [0.25, 0.3) is 5.91 Å². The third-order valence-corrected chi connectivity index (χ3v) is 2.64. The van der Waals surface area contributed by atoms with Crippen LogP contribution in [0.4, 0.5) is 18.0 Å². The van der Waals surface area contributed by atoms with Crippen molar-refractivity contribution in [2.75, 3.05) is 13.1 Å². The van der Waals surface area contributed by atoms with Gasteiger partial charge in [-0.3, -0.25) is 14.5 Å². The van der Waals surface area contributed by atoms with E-state index in [9.17, 15) is 27.6 Å². The highest BCUT2D eigenvalue weighted by Gasteiger charge is 2.33. The van der Waals surface area contributed by atoms with Crippen molar-refractivity contribution in [1.29, 1.82) is 0 Å². The Hall–Kier alpha value is -1.80. The Morgan fingerprint density at radius 1 is 1.42 bits per heavy atom. The van der Waals surface area contributed by atoms with Crippen LogP contribution in [0, 0.1) is 0 Å². The van der Waals surface area contributed by atoms with Gasteiger partial charge >= 0.3 is 12.2 Å². The van der Waals surface area contributed by atoms with Crippen molar-refractivity contribution in [2.24, 2.45) is 0 Å². The number of alkyl halides is 3. The van der Waals surface area contributed by atoms with Crippen LogP contribution in [0.25, 0.3) is 0 Å². The predicted molar refractivity (Wildman–Crippen MR) is 58.0 cm³/mol. The average molecular weight is 281 g/mol. The number of nitrogens with zero attached hydrogens (tertiary/aromatic N) is 1. The fraction of sp³-hybridized carbons (Fsp3) is 0.700. The zero-order chi connectivity index (χ0) is 14.5. The Kier molecular flexibility index (Phi) is 5.13. The van der Waals surface area contributed by atoms with E-state index in [4.69, 9.17) is 0 Å². The van der Waals surface area contributed by atoms with Crippen LogP contribution in [0.15, 0.2) is 0 Å². The lowest BCUT2D eigenvalue weighted by molar-refractivity contribution is -0.133. The highest BCUT2D eigenvalue weighted by Crippen LogP contribution is 2.14. The van der Waals surface area contributed by atoms with E-state index < -0.39 is 30.7 Å². The summed E-state index contributed by atoms with van der Waals surface area (Å²) in [7, 11) is 0. The molecular weight excluding hydrogens is 267 g/mol. The number of likely N-dealkylation sites (tertiary alicyclic amines) is 1. The van der Waals surface area contributed by atoms with E-state index in [1.54, 1.807) is 5.32 Å². The molecule has 1 fully saturated rings. The molecule has 0 unspecified atom stereocenters. The van der Waals surface area contributed by atoms with Crippen LogP contribution in [0.1, 0.15) is 19.3 Å². The molecule has 2 N–H and O–H groups in total. The molecule has 19 heavy (non-hydrogen) atoms. The molecule has 6 nitrogen and oxygen atoms in total. The molecule has 0 aromatic rings. The van der Waals surface area contributed by atoms with Gasteiger partial charge in [-0.05, 0) is 19.3 Å². The van der Waals surface area contributed by atoms with Crippen LogP contribution in [-0.2, 0) is 9.59 Å². The molecule has 0 saturated carbocycles. The first-order valence-electron chi connectivity index (χ1n) is 5.71. The largest absolute Gasteiger partial charge is 0.405 e. The molecule has 108 valence electrons. The minimum absolute atomic E-state index is 0.0412. The highest BCUT2D eigenvalue weighted by atomic mass is 19.4. The summed E-state index contributed by atoms with van der Waals surface area (Å²) >= 11 is 0. The molecule has 1 heterocycles. The fourth-order valence-corrected chi connectivity index (χ4v) is 1.75. The zero-order valence-electron chi connectivity index (χ0n) is 10.00. The summed E-state index contributed by atoms with van der Waals surface area (Å²) in [4.78, 5) is 34.4. The number of urea groups is 1. The quantitative estimate of drug-likeness (QED) is 0.734. The van der Waals surface area contributed by atoms with E-state index in [1.807, 2.05) is 0 Å². The van der Waals surface area contributed by atoms with E-state index >= 15 is 0 Å². The molecule has 1 rings (SSSR count). The smallest absolute Gasteiger partial charge is 0.347 e. The van der Waals surface area contributed by atoms with Gasteiger partial charge in [-0.15, -0.1) is 0 Å². The fourth-order valence-electron chi connectivity index (χ4n) is 1.75. The first-order chi connectivity index (χ1) is 8.85. The van der Waals surface area contributed by atoms with Gasteiger partial charge in [0.05, 0.1) is 0 Å². The van der Waals surface area contributed by atoms with Gasteiger partial charge in [0.15, 0.2) is 0 Å². The Morgan fingerprint density at radius 3 is 2.68 bits per heavy atom. The molecule has 4 amide bonds. The standard InChI is InChI=1S/C10H14F3N3O3/c11-10(12,13)5-14-9(19)16-4-2-1-3-7(8(16)18)15-6-17/h6-7H,1-5H2,(H,14,19)(H,15,17)/t7-/m0/s1. The first kappa shape index (κ1) is 15.3. The zero-order valence-corrected chi connectivity index (χ0v) is 10.00. The molecule has 1 saturated heterocycles. The summed E-state index contributed by atoms with van der Waals surface area (Å²) in [5.41, 5.74) is 0. The van der Waals surface area contributed by atoms with Gasteiger partial charge in [-0.25, -0.2) is 4.79 Å². The first-order valence-corrected chi connectivity index (χ1v) is 5.71. The van der Waals surface area contributed by atoms with Crippen molar-refractivity contribution in [1.82, 2.24) is 15.5 Å². The van der Waals surface area contributed by atoms with Gasteiger partial charge < -0.3 is 10.6 Å². The Morgan fingerprint density at radius 2 is 2.11 bits per heavy atom. The van der Waals surface area contributed by atoms with Crippen LogP contribution in [0.3, 0.4) is 0 Å². The minimum atomic E-state index is -4.54. The van der Waals surface area contributed by atoms with Crippen LogP contribution < -0.4 is 10.6 Å². The number of amides is 4. The van der Waals surface area contributed by atoms with Crippen molar-refractivity contribution >= 4 is 18.3 Å². The normalized spacial score (nSPS) is 20.7. The number of imide groups is 1. The summed E-state index contributed by atoms with van der Waals surface area (Å²) in [6.45, 7) is -1.46. The van der Waals surface area contributed by atoms with Gasteiger partial charge in [0.1, 0.15) is 12.6 Å². The van der Waals surface area contributed by atoms with Crippen molar-refractivity contribution in [3.05, 3.63) is 0 Å². The lowest BCUT2D eigenvalue weighted by atomic mass is 10.1. The number of halogens is 3. The number of rotatable bonds is 3. The lowest BCUT2D eigenvalue weighted by Crippen LogP contribution is -2.52. The van der Waals surface area contributed by atoms with E-state index in [0.717, 1.165) is 0 Å². The van der Waals surface area contributed by atoms with E-state index in [0.29, 0.717) is 30.6 Å². The summed E-state index contributed by atoms with van der Waals surface area (Å²) in [6, 6.07) is -1.96. The molecule has 0 spiro atoms. The summed E-state index contributed by atoms with van der Waals surface area (Å²) < 4.78 is 35.9. The number of carbonyl (C=O) groups is 3. The molecule has 0 bridgehead atoms. The third-order valence-electron chi connectivity index (χ3n) is 2.64. The second kappa shape index (κ2) is 6.39. The SMILES string of the molecule is O=CN[C@H]1CCCCN(C(=O)NCC(F)(F)F)C1=O. The van der Waals surface area contributed by atoms with E-state index in [1.165, 1.54) is 0 Å². The number of hydrogen-bond donors (Lipinski definition) is 2. The molecule has 0 aliphatic carbocycles. The predicted octanol–water partition coefficient (Wildman–Crippen LogP) is 0.385. The summed E-state index contributed by atoms with van der Waals surface area (Å²) in [5, 5.41) is 3.90. The van der Waals surface area contributed by atoms with Gasteiger partial charge in [-0.1, -0.05) is 0 Å². The third kappa shape index (κ3) is 4.76. The lowest BCUT2D eigenvalue weighted by Gasteiger charge is -2.22. The molecule has 1 aliphatic heterocycles. The van der Waals surface area contributed by atoms with Crippen molar-refractivity contribution in [2.45, 2.75) is 31.5 Å². The number of hydrogen-bond acceptors (Lipinski definition) is 3. The maximum Gasteiger partial charge on any atom is 0.405 e. The maximum absolute atomic E-state index is 12.0. The van der Waals surface area contributed by atoms with Gasteiger partial charge in [-0.2, -0.15) is 13.2 Å². The van der Waals surface area contributed by atoms with Crippen molar-refractivity contribution < 1.29 is 27.6 Å². The average Bonchev–Trinajstić information content (AvgIpc) is 2.49. The van der Waals surface area contributed by atoms with E-state index in [2.05, 4.69) is 5.32 Å². The molecule has 1 atom stereocenters. The monoisotopic (exact) mass is 281 g/mol. The van der Waals surface area contributed by atoms with Crippen LogP contribution in [0.5, 0.6) is 0 Å². The second-order valence-corrected chi connectivity index (χ2v) is 4.10. The van der Waals surface area contributed by atoms with Gasteiger partial charge in [0, 0.05) is 6.54 Å². The van der Waals surface area contributed by atoms with Gasteiger partial charge in [0.2, 0.25) is 6.41 Å². The Bertz CT molecular complexity index is 360. The molecule has 1 aliphatic rings. The summed E-state index contributed by atoms with van der Waals surface area (Å²) in [5.74, 6) is -0.690. The molecule has 0 aromatic carbocycles. The molecule has 0 radical (unpaired) electrons. The Labute approximate surface area is 107 Å². The second-order valence-electron chi connectivity index (χ2n) is 4.10. The van der Waals surface area contributed by atoms with Crippen LogP contribution >= 0.6 is 0 Å². The number of nitrogens with one attached hydrogen (secondary N) is 2. The highest BCUT2D eigenvalue weighted by molar-refractivity contribution is 5.97. The Balaban J connectivity index is 2.65. The summed E-state index contributed by atoms with van der Waals surface area (Å²) in [6.07, 6.45) is -2.76. The maximum atomic E-state index is 12.0.